The van der Waals surface area contributed by atoms with Crippen LogP contribution >= 0.6 is 0 Å². The first-order valence-electron chi connectivity index (χ1n) is 7.76. The molecule has 1 N–H and O–H groups in total. The summed E-state index contributed by atoms with van der Waals surface area (Å²) in [6.07, 6.45) is -2.08. The quantitative estimate of drug-likeness (QED) is 0.922. The summed E-state index contributed by atoms with van der Waals surface area (Å²) in [4.78, 5) is 8.48. The van der Waals surface area contributed by atoms with Crippen LogP contribution in [0.3, 0.4) is 0 Å². The van der Waals surface area contributed by atoms with E-state index in [-0.39, 0.29) is 5.92 Å². The maximum absolute atomic E-state index is 12.8. The Morgan fingerprint density at radius 2 is 2.12 bits per heavy atom. The van der Waals surface area contributed by atoms with Gasteiger partial charge in [0.2, 0.25) is 0 Å². The van der Waals surface area contributed by atoms with Gasteiger partial charge in [-0.25, -0.2) is 9.97 Å². The van der Waals surface area contributed by atoms with Gasteiger partial charge in [-0.3, -0.25) is 0 Å². The fourth-order valence-electron chi connectivity index (χ4n) is 2.70. The molecule has 1 aromatic heterocycles. The molecular weight excluding hydrogens is 319 g/mol. The zero-order chi connectivity index (χ0) is 17.2. The molecule has 4 nitrogen and oxygen atoms in total. The Labute approximate surface area is 138 Å². The second kappa shape index (κ2) is 6.76. The molecule has 24 heavy (non-hydrogen) atoms. The highest BCUT2D eigenvalue weighted by molar-refractivity contribution is 5.46. The summed E-state index contributed by atoms with van der Waals surface area (Å²) >= 11 is 0. The van der Waals surface area contributed by atoms with Crippen molar-refractivity contribution in [3.8, 4) is 0 Å². The summed E-state index contributed by atoms with van der Waals surface area (Å²) in [5, 5.41) is 3.22. The lowest BCUT2D eigenvalue weighted by Gasteiger charge is -2.20. The van der Waals surface area contributed by atoms with Crippen LogP contribution in [0.2, 0.25) is 0 Å². The molecule has 0 spiro atoms. The summed E-state index contributed by atoms with van der Waals surface area (Å²) in [7, 11) is 0. The number of anilines is 1. The Bertz CT molecular complexity index is 718. The Kier molecular flexibility index (Phi) is 4.71. The molecule has 0 aliphatic carbocycles. The van der Waals surface area contributed by atoms with Gasteiger partial charge in [-0.05, 0) is 17.5 Å². The van der Waals surface area contributed by atoms with Gasteiger partial charge in [0.05, 0.1) is 24.5 Å². The first kappa shape index (κ1) is 16.7. The second-order valence-corrected chi connectivity index (χ2v) is 5.86. The predicted octanol–water partition coefficient (Wildman–Crippen LogP) is 3.78. The largest absolute Gasteiger partial charge is 0.416 e. The van der Waals surface area contributed by atoms with Crippen LogP contribution in [-0.2, 0) is 23.9 Å². The van der Waals surface area contributed by atoms with Crippen LogP contribution < -0.4 is 5.32 Å². The molecule has 0 saturated carbocycles. The number of hydrogen-bond acceptors (Lipinski definition) is 4. The van der Waals surface area contributed by atoms with E-state index >= 15 is 0 Å². The van der Waals surface area contributed by atoms with E-state index in [9.17, 15) is 13.2 Å². The van der Waals surface area contributed by atoms with Gasteiger partial charge in [-0.2, -0.15) is 13.2 Å². The highest BCUT2D eigenvalue weighted by Crippen LogP contribution is 2.31. The van der Waals surface area contributed by atoms with Crippen molar-refractivity contribution in [3.05, 3.63) is 53.0 Å². The summed E-state index contributed by atoms with van der Waals surface area (Å²) in [6, 6.07) is 5.43. The van der Waals surface area contributed by atoms with Crippen LogP contribution in [0.1, 0.15) is 35.2 Å². The SMILES string of the molecule is CC(CNc1ncnc2c1COCC2)c1cccc(C(F)(F)F)c1. The molecule has 128 valence electrons. The van der Waals surface area contributed by atoms with Crippen LogP contribution in [-0.4, -0.2) is 23.1 Å². The minimum atomic E-state index is -4.33. The number of halogens is 3. The van der Waals surface area contributed by atoms with Gasteiger partial charge in [0.1, 0.15) is 12.1 Å². The maximum Gasteiger partial charge on any atom is 0.416 e. The molecule has 2 heterocycles. The Morgan fingerprint density at radius 3 is 2.92 bits per heavy atom. The van der Waals surface area contributed by atoms with E-state index in [0.29, 0.717) is 31.1 Å². The zero-order valence-electron chi connectivity index (χ0n) is 13.2. The number of hydrogen-bond donors (Lipinski definition) is 1. The first-order chi connectivity index (χ1) is 11.4. The summed E-state index contributed by atoms with van der Waals surface area (Å²) in [5.74, 6) is 0.598. The molecule has 1 unspecified atom stereocenters. The number of nitrogens with zero attached hydrogens (tertiary/aromatic N) is 2. The van der Waals surface area contributed by atoms with E-state index in [2.05, 4.69) is 15.3 Å². The Balaban J connectivity index is 1.71. The Morgan fingerprint density at radius 1 is 1.29 bits per heavy atom. The molecule has 0 saturated heterocycles. The van der Waals surface area contributed by atoms with Gasteiger partial charge in [0, 0.05) is 18.5 Å². The molecular formula is C17H18F3N3O. The maximum atomic E-state index is 12.8. The standard InChI is InChI=1S/C17H18F3N3O/c1-11(12-3-2-4-13(7-12)17(18,19)20)8-21-16-14-9-24-6-5-15(14)22-10-23-16/h2-4,7,10-11H,5-6,8-9H2,1H3,(H,21,22,23). The molecule has 0 fully saturated rings. The zero-order valence-corrected chi connectivity index (χ0v) is 13.2. The lowest BCUT2D eigenvalue weighted by atomic mass is 9.98. The van der Waals surface area contributed by atoms with Crippen LogP contribution in [0.25, 0.3) is 0 Å². The normalized spacial score (nSPS) is 15.7. The van der Waals surface area contributed by atoms with Crippen molar-refractivity contribution >= 4 is 5.82 Å². The lowest BCUT2D eigenvalue weighted by Crippen LogP contribution is -2.18. The average Bonchev–Trinajstić information content (AvgIpc) is 2.59. The monoisotopic (exact) mass is 337 g/mol. The predicted molar refractivity (Wildman–Crippen MR) is 83.7 cm³/mol. The number of aromatic nitrogens is 2. The first-order valence-corrected chi connectivity index (χ1v) is 7.76. The molecule has 0 radical (unpaired) electrons. The highest BCUT2D eigenvalue weighted by Gasteiger charge is 2.30. The van der Waals surface area contributed by atoms with Gasteiger partial charge in [-0.1, -0.05) is 25.1 Å². The summed E-state index contributed by atoms with van der Waals surface area (Å²) < 4.78 is 43.9. The Hall–Kier alpha value is -2.15. The van der Waals surface area contributed by atoms with Gasteiger partial charge < -0.3 is 10.1 Å². The third-order valence-corrected chi connectivity index (χ3v) is 4.12. The topological polar surface area (TPSA) is 47.0 Å². The number of alkyl halides is 3. The molecule has 2 aromatic rings. The lowest BCUT2D eigenvalue weighted by molar-refractivity contribution is -0.137. The summed E-state index contributed by atoms with van der Waals surface area (Å²) in [5.41, 5.74) is 1.90. The third kappa shape index (κ3) is 3.67. The third-order valence-electron chi connectivity index (χ3n) is 4.12. The fourth-order valence-corrected chi connectivity index (χ4v) is 2.70. The van der Waals surface area contributed by atoms with Crippen molar-refractivity contribution in [2.75, 3.05) is 18.5 Å². The van der Waals surface area contributed by atoms with E-state index in [1.54, 1.807) is 6.07 Å². The van der Waals surface area contributed by atoms with Crippen LogP contribution in [0.4, 0.5) is 19.0 Å². The van der Waals surface area contributed by atoms with E-state index in [4.69, 9.17) is 4.74 Å². The van der Waals surface area contributed by atoms with E-state index in [1.807, 2.05) is 6.92 Å². The molecule has 0 bridgehead atoms. The van der Waals surface area contributed by atoms with Crippen LogP contribution in [0, 0.1) is 0 Å². The minimum Gasteiger partial charge on any atom is -0.376 e. The van der Waals surface area contributed by atoms with Gasteiger partial charge in [-0.15, -0.1) is 0 Å². The molecule has 3 rings (SSSR count). The van der Waals surface area contributed by atoms with E-state index in [0.717, 1.165) is 23.7 Å². The van der Waals surface area contributed by atoms with Gasteiger partial charge in [0.25, 0.3) is 0 Å². The number of rotatable bonds is 4. The molecule has 7 heteroatoms. The minimum absolute atomic E-state index is 0.0950. The molecule has 1 aromatic carbocycles. The van der Waals surface area contributed by atoms with Crippen molar-refractivity contribution in [3.63, 3.8) is 0 Å². The van der Waals surface area contributed by atoms with Crippen molar-refractivity contribution in [2.24, 2.45) is 0 Å². The number of ether oxygens (including phenoxy) is 1. The van der Waals surface area contributed by atoms with E-state index in [1.165, 1.54) is 18.5 Å². The summed E-state index contributed by atoms with van der Waals surface area (Å²) in [6.45, 7) is 3.46. The molecule has 1 atom stereocenters. The number of fused-ring (bicyclic) bond motifs is 1. The molecule has 1 aliphatic heterocycles. The average molecular weight is 337 g/mol. The number of benzene rings is 1. The fraction of sp³-hybridized carbons (Fsp3) is 0.412. The molecule has 1 aliphatic rings. The second-order valence-electron chi connectivity index (χ2n) is 5.86. The van der Waals surface area contributed by atoms with Crippen molar-refractivity contribution in [1.82, 2.24) is 9.97 Å². The van der Waals surface area contributed by atoms with Crippen molar-refractivity contribution in [2.45, 2.75) is 32.0 Å². The van der Waals surface area contributed by atoms with Crippen LogP contribution in [0.5, 0.6) is 0 Å². The smallest absolute Gasteiger partial charge is 0.376 e. The highest BCUT2D eigenvalue weighted by atomic mass is 19.4. The van der Waals surface area contributed by atoms with Gasteiger partial charge in [0.15, 0.2) is 0 Å². The van der Waals surface area contributed by atoms with Crippen LogP contribution in [0.15, 0.2) is 30.6 Å². The van der Waals surface area contributed by atoms with Gasteiger partial charge >= 0.3 is 6.18 Å². The number of nitrogens with one attached hydrogen (secondary N) is 1. The van der Waals surface area contributed by atoms with E-state index < -0.39 is 11.7 Å². The van der Waals surface area contributed by atoms with Crippen molar-refractivity contribution < 1.29 is 17.9 Å². The van der Waals surface area contributed by atoms with Crippen molar-refractivity contribution in [1.29, 1.82) is 0 Å². The molecule has 0 amide bonds.